The van der Waals surface area contributed by atoms with Crippen molar-refractivity contribution in [3.8, 4) is 0 Å². The highest BCUT2D eigenvalue weighted by molar-refractivity contribution is 5.90. The van der Waals surface area contributed by atoms with Crippen LogP contribution in [-0.2, 0) is 0 Å². The van der Waals surface area contributed by atoms with Crippen LogP contribution < -0.4 is 4.90 Å². The second-order valence-electron chi connectivity index (χ2n) is 6.81. The van der Waals surface area contributed by atoms with Gasteiger partial charge in [0.1, 0.15) is 0 Å². The highest BCUT2D eigenvalue weighted by Crippen LogP contribution is 2.34. The molecule has 0 saturated carbocycles. The molecular weight excluding hydrogens is 280 g/mol. The van der Waals surface area contributed by atoms with Gasteiger partial charge in [0.15, 0.2) is 0 Å². The average Bonchev–Trinajstić information content (AvgIpc) is 2.52. The quantitative estimate of drug-likeness (QED) is 0.642. The highest BCUT2D eigenvalue weighted by atomic mass is 15.1. The molecule has 0 amide bonds. The standard InChI is InChI=1S/C21H28N2/c1-15(2)18-11-9-12-19(16(3)4)21(18)22-14-17-10-7-8-13-20(17)23(5)6/h7-16H,1-6H3. The number of benzene rings is 2. The number of hydrogen-bond acceptors (Lipinski definition) is 2. The van der Waals surface area contributed by atoms with E-state index in [2.05, 4.69) is 89.2 Å². The summed E-state index contributed by atoms with van der Waals surface area (Å²) in [5, 5.41) is 0. The molecule has 0 bridgehead atoms. The molecule has 0 spiro atoms. The van der Waals surface area contributed by atoms with Crippen molar-refractivity contribution in [1.82, 2.24) is 0 Å². The van der Waals surface area contributed by atoms with E-state index in [1.54, 1.807) is 0 Å². The first-order valence-corrected chi connectivity index (χ1v) is 8.35. The van der Waals surface area contributed by atoms with Crippen LogP contribution in [0.2, 0.25) is 0 Å². The summed E-state index contributed by atoms with van der Waals surface area (Å²) in [5.74, 6) is 0.926. The third kappa shape index (κ3) is 4.01. The Morgan fingerprint density at radius 3 is 1.91 bits per heavy atom. The summed E-state index contributed by atoms with van der Waals surface area (Å²) in [6, 6.07) is 14.9. The van der Waals surface area contributed by atoms with Crippen LogP contribution in [0.1, 0.15) is 56.2 Å². The SMILES string of the molecule is CC(C)c1cccc(C(C)C)c1N=Cc1ccccc1N(C)C. The number of aliphatic imine (C=N–C) groups is 1. The normalized spacial score (nSPS) is 11.7. The Labute approximate surface area is 140 Å². The molecule has 122 valence electrons. The second kappa shape index (κ2) is 7.45. The van der Waals surface area contributed by atoms with E-state index in [1.807, 2.05) is 6.21 Å². The number of nitrogens with zero attached hydrogens (tertiary/aromatic N) is 2. The van der Waals surface area contributed by atoms with Crippen LogP contribution in [0.3, 0.4) is 0 Å². The van der Waals surface area contributed by atoms with Gasteiger partial charge in [-0.15, -0.1) is 0 Å². The molecule has 0 aliphatic rings. The lowest BCUT2D eigenvalue weighted by Gasteiger charge is -2.17. The molecule has 0 fully saturated rings. The molecule has 0 N–H and O–H groups in total. The molecule has 2 rings (SSSR count). The summed E-state index contributed by atoms with van der Waals surface area (Å²) in [6.45, 7) is 8.91. The lowest BCUT2D eigenvalue weighted by atomic mass is 9.93. The fraction of sp³-hybridized carbons (Fsp3) is 0.381. The minimum atomic E-state index is 0.463. The molecule has 0 heterocycles. The number of anilines is 1. The Morgan fingerprint density at radius 1 is 0.826 bits per heavy atom. The van der Waals surface area contributed by atoms with Crippen molar-refractivity contribution in [3.05, 3.63) is 59.2 Å². The van der Waals surface area contributed by atoms with Crippen molar-refractivity contribution >= 4 is 17.6 Å². The Bertz CT molecular complexity index is 656. The molecule has 0 aromatic heterocycles. The van der Waals surface area contributed by atoms with E-state index in [0.29, 0.717) is 11.8 Å². The van der Waals surface area contributed by atoms with Gasteiger partial charge in [-0.1, -0.05) is 64.1 Å². The fourth-order valence-electron chi connectivity index (χ4n) is 2.80. The Morgan fingerprint density at radius 2 is 1.39 bits per heavy atom. The smallest absolute Gasteiger partial charge is 0.0699 e. The van der Waals surface area contributed by atoms with Crippen molar-refractivity contribution in [1.29, 1.82) is 0 Å². The minimum Gasteiger partial charge on any atom is -0.377 e. The Hall–Kier alpha value is -2.09. The predicted molar refractivity (Wildman–Crippen MR) is 103 cm³/mol. The third-order valence-electron chi connectivity index (χ3n) is 4.09. The summed E-state index contributed by atoms with van der Waals surface area (Å²) in [7, 11) is 4.13. The predicted octanol–water partition coefficient (Wildman–Crippen LogP) is 5.75. The first-order chi connectivity index (χ1) is 10.9. The van der Waals surface area contributed by atoms with E-state index in [0.717, 1.165) is 11.3 Å². The lowest BCUT2D eigenvalue weighted by molar-refractivity contribution is 0.835. The van der Waals surface area contributed by atoms with Gasteiger partial charge in [-0.3, -0.25) is 4.99 Å². The van der Waals surface area contributed by atoms with Gasteiger partial charge in [0.2, 0.25) is 0 Å². The van der Waals surface area contributed by atoms with E-state index in [1.165, 1.54) is 16.8 Å². The molecular formula is C21H28N2. The van der Waals surface area contributed by atoms with Crippen LogP contribution in [0, 0.1) is 0 Å². The van der Waals surface area contributed by atoms with Crippen LogP contribution in [0.15, 0.2) is 47.5 Å². The number of para-hydroxylation sites is 2. The molecule has 0 aliphatic carbocycles. The van der Waals surface area contributed by atoms with Crippen molar-refractivity contribution in [2.45, 2.75) is 39.5 Å². The van der Waals surface area contributed by atoms with Gasteiger partial charge in [0.05, 0.1) is 5.69 Å². The summed E-state index contributed by atoms with van der Waals surface area (Å²) in [5.41, 5.74) is 6.09. The third-order valence-corrected chi connectivity index (χ3v) is 4.09. The maximum absolute atomic E-state index is 4.91. The number of rotatable bonds is 5. The summed E-state index contributed by atoms with van der Waals surface area (Å²) < 4.78 is 0. The largest absolute Gasteiger partial charge is 0.377 e. The summed E-state index contributed by atoms with van der Waals surface area (Å²) in [6.07, 6.45) is 2.00. The van der Waals surface area contributed by atoms with Crippen molar-refractivity contribution in [2.24, 2.45) is 4.99 Å². The van der Waals surface area contributed by atoms with E-state index in [4.69, 9.17) is 4.99 Å². The molecule has 0 aliphatic heterocycles. The van der Waals surface area contributed by atoms with Crippen LogP contribution >= 0.6 is 0 Å². The Balaban J connectivity index is 2.51. The van der Waals surface area contributed by atoms with E-state index in [-0.39, 0.29) is 0 Å². The minimum absolute atomic E-state index is 0.463. The summed E-state index contributed by atoms with van der Waals surface area (Å²) in [4.78, 5) is 7.03. The van der Waals surface area contributed by atoms with Gasteiger partial charge in [-0.25, -0.2) is 0 Å². The van der Waals surface area contributed by atoms with Gasteiger partial charge >= 0.3 is 0 Å². The molecule has 0 saturated heterocycles. The molecule has 23 heavy (non-hydrogen) atoms. The van der Waals surface area contributed by atoms with E-state index in [9.17, 15) is 0 Å². The van der Waals surface area contributed by atoms with E-state index < -0.39 is 0 Å². The summed E-state index contributed by atoms with van der Waals surface area (Å²) >= 11 is 0. The van der Waals surface area contributed by atoms with Gasteiger partial charge < -0.3 is 4.90 Å². The molecule has 0 atom stereocenters. The van der Waals surface area contributed by atoms with Gasteiger partial charge in [-0.05, 0) is 29.0 Å². The maximum Gasteiger partial charge on any atom is 0.0699 e. The topological polar surface area (TPSA) is 15.6 Å². The first kappa shape index (κ1) is 17.3. The maximum atomic E-state index is 4.91. The molecule has 2 nitrogen and oxygen atoms in total. The molecule has 2 aromatic rings. The molecule has 0 unspecified atom stereocenters. The van der Waals surface area contributed by atoms with E-state index >= 15 is 0 Å². The Kier molecular flexibility index (Phi) is 5.59. The fourth-order valence-corrected chi connectivity index (χ4v) is 2.80. The zero-order valence-electron chi connectivity index (χ0n) is 15.2. The highest BCUT2D eigenvalue weighted by Gasteiger charge is 2.12. The molecule has 2 aromatic carbocycles. The monoisotopic (exact) mass is 308 g/mol. The zero-order valence-corrected chi connectivity index (χ0v) is 15.2. The first-order valence-electron chi connectivity index (χ1n) is 8.35. The van der Waals surface area contributed by atoms with Crippen LogP contribution in [-0.4, -0.2) is 20.3 Å². The van der Waals surface area contributed by atoms with Gasteiger partial charge in [0, 0.05) is 31.6 Å². The zero-order chi connectivity index (χ0) is 17.0. The molecule has 0 radical (unpaired) electrons. The van der Waals surface area contributed by atoms with Crippen LogP contribution in [0.5, 0.6) is 0 Å². The van der Waals surface area contributed by atoms with Gasteiger partial charge in [-0.2, -0.15) is 0 Å². The van der Waals surface area contributed by atoms with Crippen molar-refractivity contribution in [2.75, 3.05) is 19.0 Å². The van der Waals surface area contributed by atoms with Crippen molar-refractivity contribution in [3.63, 3.8) is 0 Å². The average molecular weight is 308 g/mol. The molecule has 2 heteroatoms. The second-order valence-corrected chi connectivity index (χ2v) is 6.81. The van der Waals surface area contributed by atoms with Crippen LogP contribution in [0.4, 0.5) is 11.4 Å². The van der Waals surface area contributed by atoms with Crippen molar-refractivity contribution < 1.29 is 0 Å². The number of hydrogen-bond donors (Lipinski definition) is 0. The van der Waals surface area contributed by atoms with Gasteiger partial charge in [0.25, 0.3) is 0 Å². The van der Waals surface area contributed by atoms with Crippen LogP contribution in [0.25, 0.3) is 0 Å². The lowest BCUT2D eigenvalue weighted by Crippen LogP contribution is -2.10.